The van der Waals surface area contributed by atoms with Crippen LogP contribution in [0.2, 0.25) is 10.0 Å². The summed E-state index contributed by atoms with van der Waals surface area (Å²) in [5, 5.41) is 4.07. The van der Waals surface area contributed by atoms with Crippen LogP contribution in [0.15, 0.2) is 18.2 Å². The minimum atomic E-state index is -0.112. The highest BCUT2D eigenvalue weighted by Crippen LogP contribution is 2.37. The van der Waals surface area contributed by atoms with Gasteiger partial charge in [-0.15, -0.1) is 0 Å². The molecule has 0 radical (unpaired) electrons. The molecule has 1 aromatic rings. The molecule has 0 bridgehead atoms. The summed E-state index contributed by atoms with van der Waals surface area (Å²) in [5.74, 6) is 0.650. The van der Waals surface area contributed by atoms with Crippen LogP contribution in [-0.2, 0) is 4.74 Å². The molecule has 2 heterocycles. The van der Waals surface area contributed by atoms with Crippen LogP contribution >= 0.6 is 23.2 Å². The van der Waals surface area contributed by atoms with E-state index in [1.54, 1.807) is 18.2 Å². The fourth-order valence-electron chi connectivity index (χ4n) is 3.71. The lowest BCUT2D eigenvalue weighted by Crippen LogP contribution is -2.47. The largest absolute Gasteiger partial charge is 0.375 e. The van der Waals surface area contributed by atoms with Gasteiger partial charge in [0, 0.05) is 40.8 Å². The second-order valence-corrected chi connectivity index (χ2v) is 7.75. The van der Waals surface area contributed by atoms with Gasteiger partial charge in [-0.1, -0.05) is 23.2 Å². The zero-order valence-corrected chi connectivity index (χ0v) is 14.3. The molecule has 23 heavy (non-hydrogen) atoms. The lowest BCUT2D eigenvalue weighted by atomic mass is 10.1. The topological polar surface area (TPSA) is 41.6 Å². The number of hydrogen-bond acceptors (Lipinski definition) is 3. The molecule has 1 N–H and O–H groups in total. The quantitative estimate of drug-likeness (QED) is 0.907. The van der Waals surface area contributed by atoms with Crippen molar-refractivity contribution >= 4 is 29.1 Å². The Morgan fingerprint density at radius 1 is 1.17 bits per heavy atom. The maximum atomic E-state index is 12.4. The van der Waals surface area contributed by atoms with Crippen molar-refractivity contribution in [3.05, 3.63) is 33.8 Å². The third kappa shape index (κ3) is 3.50. The van der Waals surface area contributed by atoms with Gasteiger partial charge in [0.25, 0.3) is 5.91 Å². The Balaban J connectivity index is 1.37. The summed E-state index contributed by atoms with van der Waals surface area (Å²) < 4.78 is 6.00. The summed E-state index contributed by atoms with van der Waals surface area (Å²) in [7, 11) is 0. The summed E-state index contributed by atoms with van der Waals surface area (Å²) in [5.41, 5.74) is 0.513. The predicted molar refractivity (Wildman–Crippen MR) is 90.2 cm³/mol. The SMILES string of the molecule is O=C(N[C@H]1C[C@H]2CO[C@H](C3CC3)CN2C1)c1cc(Cl)cc(Cl)c1. The molecule has 2 saturated heterocycles. The standard InChI is InChI=1S/C17H20Cl2N2O2/c18-12-3-11(4-13(19)5-12)17(22)20-14-6-15-9-23-16(10-1-2-10)8-21(15)7-14/h3-5,10,14-16H,1-2,6-9H2,(H,20,22)/t14-,15-,16-/m0/s1. The summed E-state index contributed by atoms with van der Waals surface area (Å²) in [6.45, 7) is 2.69. The van der Waals surface area contributed by atoms with Crippen molar-refractivity contribution in [3.63, 3.8) is 0 Å². The third-order valence-electron chi connectivity index (χ3n) is 5.05. The third-order valence-corrected chi connectivity index (χ3v) is 5.49. The molecule has 1 saturated carbocycles. The number of nitrogens with one attached hydrogen (secondary N) is 1. The van der Waals surface area contributed by atoms with Crippen LogP contribution in [-0.4, -0.2) is 48.7 Å². The maximum Gasteiger partial charge on any atom is 0.251 e. The molecule has 124 valence electrons. The second-order valence-electron chi connectivity index (χ2n) is 6.88. The number of fused-ring (bicyclic) bond motifs is 1. The molecule has 3 atom stereocenters. The van der Waals surface area contributed by atoms with Crippen molar-refractivity contribution in [2.24, 2.45) is 5.92 Å². The summed E-state index contributed by atoms with van der Waals surface area (Å²) >= 11 is 11.9. The number of rotatable bonds is 3. The van der Waals surface area contributed by atoms with Crippen LogP contribution in [0.25, 0.3) is 0 Å². The van der Waals surface area contributed by atoms with Gasteiger partial charge in [-0.2, -0.15) is 0 Å². The van der Waals surface area contributed by atoms with Gasteiger partial charge in [0.1, 0.15) is 0 Å². The van der Waals surface area contributed by atoms with Gasteiger partial charge in [-0.25, -0.2) is 0 Å². The Morgan fingerprint density at radius 2 is 1.91 bits per heavy atom. The van der Waals surface area contributed by atoms with E-state index in [0.29, 0.717) is 27.8 Å². The lowest BCUT2D eigenvalue weighted by molar-refractivity contribution is -0.0581. The average molecular weight is 355 g/mol. The van der Waals surface area contributed by atoms with Crippen molar-refractivity contribution in [1.82, 2.24) is 10.2 Å². The smallest absolute Gasteiger partial charge is 0.251 e. The van der Waals surface area contributed by atoms with Gasteiger partial charge < -0.3 is 10.1 Å². The predicted octanol–water partition coefficient (Wildman–Crippen LogP) is 2.97. The van der Waals surface area contributed by atoms with Crippen molar-refractivity contribution in [1.29, 1.82) is 0 Å². The van der Waals surface area contributed by atoms with E-state index in [0.717, 1.165) is 32.0 Å². The van der Waals surface area contributed by atoms with Gasteiger partial charge in [-0.05, 0) is 43.4 Å². The van der Waals surface area contributed by atoms with Crippen LogP contribution in [0.4, 0.5) is 0 Å². The molecule has 3 fully saturated rings. The van der Waals surface area contributed by atoms with E-state index in [-0.39, 0.29) is 11.9 Å². The molecule has 0 aromatic heterocycles. The van der Waals surface area contributed by atoms with Gasteiger partial charge in [0.2, 0.25) is 0 Å². The fraction of sp³-hybridized carbons (Fsp3) is 0.588. The Morgan fingerprint density at radius 3 is 2.61 bits per heavy atom. The molecule has 2 aliphatic heterocycles. The highest BCUT2D eigenvalue weighted by atomic mass is 35.5. The van der Waals surface area contributed by atoms with E-state index in [1.807, 2.05) is 0 Å². The highest BCUT2D eigenvalue weighted by molar-refractivity contribution is 6.35. The van der Waals surface area contributed by atoms with Crippen molar-refractivity contribution in [2.75, 3.05) is 19.7 Å². The molecule has 1 amide bonds. The first-order valence-electron chi connectivity index (χ1n) is 8.21. The minimum absolute atomic E-state index is 0.112. The molecule has 1 aromatic carbocycles. The zero-order chi connectivity index (χ0) is 16.0. The van der Waals surface area contributed by atoms with E-state index < -0.39 is 0 Å². The molecule has 6 heteroatoms. The Bertz CT molecular complexity index is 600. The number of carbonyl (C=O) groups excluding carboxylic acids is 1. The van der Waals surface area contributed by atoms with Gasteiger partial charge in [0.05, 0.1) is 12.7 Å². The number of benzene rings is 1. The van der Waals surface area contributed by atoms with Gasteiger partial charge >= 0.3 is 0 Å². The first kappa shape index (κ1) is 15.7. The van der Waals surface area contributed by atoms with E-state index in [4.69, 9.17) is 27.9 Å². The second kappa shape index (κ2) is 6.25. The fourth-order valence-corrected chi connectivity index (χ4v) is 4.24. The molecule has 3 aliphatic rings. The molecular formula is C17H20Cl2N2O2. The summed E-state index contributed by atoms with van der Waals surface area (Å²) in [4.78, 5) is 14.9. The molecule has 4 nitrogen and oxygen atoms in total. The van der Waals surface area contributed by atoms with Crippen LogP contribution in [0.1, 0.15) is 29.6 Å². The molecule has 4 rings (SSSR count). The van der Waals surface area contributed by atoms with E-state index in [1.165, 1.54) is 12.8 Å². The Kier molecular flexibility index (Phi) is 4.26. The number of carbonyl (C=O) groups is 1. The molecule has 0 spiro atoms. The van der Waals surface area contributed by atoms with Crippen LogP contribution in [0.3, 0.4) is 0 Å². The average Bonchev–Trinajstić information content (AvgIpc) is 3.26. The number of halogens is 2. The first-order chi connectivity index (χ1) is 11.1. The van der Waals surface area contributed by atoms with Crippen LogP contribution < -0.4 is 5.32 Å². The van der Waals surface area contributed by atoms with E-state index in [2.05, 4.69) is 10.2 Å². The number of amides is 1. The molecular weight excluding hydrogens is 335 g/mol. The first-order valence-corrected chi connectivity index (χ1v) is 8.96. The lowest BCUT2D eigenvalue weighted by Gasteiger charge is -2.35. The van der Waals surface area contributed by atoms with E-state index in [9.17, 15) is 4.79 Å². The number of morpholine rings is 1. The maximum absolute atomic E-state index is 12.4. The monoisotopic (exact) mass is 354 g/mol. The molecule has 1 aliphatic carbocycles. The van der Waals surface area contributed by atoms with Gasteiger partial charge in [0.15, 0.2) is 0 Å². The van der Waals surface area contributed by atoms with Crippen molar-refractivity contribution in [3.8, 4) is 0 Å². The normalized spacial score (nSPS) is 31.0. The number of hydrogen-bond donors (Lipinski definition) is 1. The summed E-state index contributed by atoms with van der Waals surface area (Å²) in [6, 6.07) is 5.52. The minimum Gasteiger partial charge on any atom is -0.375 e. The van der Waals surface area contributed by atoms with Crippen LogP contribution in [0, 0.1) is 5.92 Å². The number of ether oxygens (including phenoxy) is 1. The van der Waals surface area contributed by atoms with E-state index >= 15 is 0 Å². The molecule has 0 unspecified atom stereocenters. The van der Waals surface area contributed by atoms with Crippen molar-refractivity contribution < 1.29 is 9.53 Å². The van der Waals surface area contributed by atoms with Crippen molar-refractivity contribution in [2.45, 2.75) is 37.5 Å². The van der Waals surface area contributed by atoms with Crippen LogP contribution in [0.5, 0.6) is 0 Å². The Labute approximate surface area is 146 Å². The van der Waals surface area contributed by atoms with Gasteiger partial charge in [-0.3, -0.25) is 9.69 Å². The number of nitrogens with zero attached hydrogens (tertiary/aromatic N) is 1. The highest BCUT2D eigenvalue weighted by Gasteiger charge is 2.42. The summed E-state index contributed by atoms with van der Waals surface area (Å²) in [6.07, 6.45) is 3.95. The zero-order valence-electron chi connectivity index (χ0n) is 12.8. The Hall–Kier alpha value is -0.810.